The van der Waals surface area contributed by atoms with E-state index in [1.165, 1.54) is 4.31 Å². The SMILES string of the molecule is COc1ccc(NC(=O)CN(C2CCCC2)S(C)(=O)=O)cc1. The first-order chi connectivity index (χ1) is 10.4. The lowest BCUT2D eigenvalue weighted by atomic mass is 10.2. The van der Waals surface area contributed by atoms with Gasteiger partial charge in [0.15, 0.2) is 0 Å². The van der Waals surface area contributed by atoms with Gasteiger partial charge in [0.2, 0.25) is 15.9 Å². The minimum atomic E-state index is -3.39. The summed E-state index contributed by atoms with van der Waals surface area (Å²) in [5.41, 5.74) is 0.616. The number of amides is 1. The molecule has 1 aliphatic rings. The van der Waals surface area contributed by atoms with E-state index in [0.717, 1.165) is 31.9 Å². The lowest BCUT2D eigenvalue weighted by molar-refractivity contribution is -0.116. The number of carbonyl (C=O) groups excluding carboxylic acids is 1. The first-order valence-electron chi connectivity index (χ1n) is 7.31. The summed E-state index contributed by atoms with van der Waals surface area (Å²) in [4.78, 5) is 12.1. The molecule has 122 valence electrons. The van der Waals surface area contributed by atoms with Crippen LogP contribution in [0.5, 0.6) is 5.75 Å². The molecule has 7 heteroatoms. The minimum Gasteiger partial charge on any atom is -0.497 e. The van der Waals surface area contributed by atoms with Gasteiger partial charge in [0.25, 0.3) is 0 Å². The molecule has 0 radical (unpaired) electrons. The molecular formula is C15H22N2O4S. The van der Waals surface area contributed by atoms with E-state index in [2.05, 4.69) is 5.32 Å². The smallest absolute Gasteiger partial charge is 0.239 e. The first kappa shape index (κ1) is 16.8. The molecule has 0 aliphatic heterocycles. The second-order valence-electron chi connectivity index (χ2n) is 5.52. The second-order valence-corrected chi connectivity index (χ2v) is 7.46. The molecule has 1 aliphatic carbocycles. The van der Waals surface area contributed by atoms with Gasteiger partial charge >= 0.3 is 0 Å². The Morgan fingerprint density at radius 2 is 1.86 bits per heavy atom. The summed E-state index contributed by atoms with van der Waals surface area (Å²) in [6.45, 7) is -0.143. The molecule has 0 unspecified atom stereocenters. The van der Waals surface area contributed by atoms with Crippen LogP contribution in [-0.2, 0) is 14.8 Å². The van der Waals surface area contributed by atoms with Gasteiger partial charge in [-0.15, -0.1) is 0 Å². The van der Waals surface area contributed by atoms with Crippen molar-refractivity contribution in [2.45, 2.75) is 31.7 Å². The molecule has 0 bridgehead atoms. The van der Waals surface area contributed by atoms with E-state index in [9.17, 15) is 13.2 Å². The summed E-state index contributed by atoms with van der Waals surface area (Å²) in [7, 11) is -1.83. The number of nitrogens with zero attached hydrogens (tertiary/aromatic N) is 1. The van der Waals surface area contributed by atoms with E-state index in [1.807, 2.05) is 0 Å². The zero-order valence-corrected chi connectivity index (χ0v) is 13.7. The third-order valence-electron chi connectivity index (χ3n) is 3.83. The van der Waals surface area contributed by atoms with Crippen molar-refractivity contribution in [3.63, 3.8) is 0 Å². The van der Waals surface area contributed by atoms with Crippen molar-refractivity contribution in [1.29, 1.82) is 0 Å². The first-order valence-corrected chi connectivity index (χ1v) is 9.15. The molecule has 0 saturated heterocycles. The molecule has 0 spiro atoms. The lowest BCUT2D eigenvalue weighted by Gasteiger charge is -2.25. The number of benzene rings is 1. The maximum absolute atomic E-state index is 12.1. The van der Waals surface area contributed by atoms with E-state index in [-0.39, 0.29) is 18.5 Å². The zero-order valence-electron chi connectivity index (χ0n) is 12.9. The van der Waals surface area contributed by atoms with Gasteiger partial charge in [-0.1, -0.05) is 12.8 Å². The predicted molar refractivity (Wildman–Crippen MR) is 85.4 cm³/mol. The van der Waals surface area contributed by atoms with Gasteiger partial charge in [0.05, 0.1) is 19.9 Å². The van der Waals surface area contributed by atoms with Crippen molar-refractivity contribution in [1.82, 2.24) is 4.31 Å². The van der Waals surface area contributed by atoms with Crippen molar-refractivity contribution in [2.75, 3.05) is 25.2 Å². The van der Waals surface area contributed by atoms with Crippen LogP contribution in [0, 0.1) is 0 Å². The number of ether oxygens (including phenoxy) is 1. The van der Waals surface area contributed by atoms with Gasteiger partial charge in [-0.05, 0) is 37.1 Å². The number of anilines is 1. The van der Waals surface area contributed by atoms with Crippen LogP contribution in [0.4, 0.5) is 5.69 Å². The quantitative estimate of drug-likeness (QED) is 0.865. The molecule has 0 atom stereocenters. The van der Waals surface area contributed by atoms with Crippen LogP contribution in [0.1, 0.15) is 25.7 Å². The number of hydrogen-bond donors (Lipinski definition) is 1. The van der Waals surface area contributed by atoms with Crippen LogP contribution in [-0.4, -0.2) is 44.6 Å². The van der Waals surface area contributed by atoms with Gasteiger partial charge in [-0.2, -0.15) is 4.31 Å². The Labute approximate surface area is 131 Å². The number of methoxy groups -OCH3 is 1. The maximum Gasteiger partial charge on any atom is 0.239 e. The molecule has 1 amide bonds. The van der Waals surface area contributed by atoms with E-state index in [0.29, 0.717) is 11.4 Å². The number of nitrogens with one attached hydrogen (secondary N) is 1. The highest BCUT2D eigenvalue weighted by molar-refractivity contribution is 7.88. The highest BCUT2D eigenvalue weighted by Gasteiger charge is 2.30. The van der Waals surface area contributed by atoms with Crippen molar-refractivity contribution < 1.29 is 17.9 Å². The van der Waals surface area contributed by atoms with Gasteiger partial charge in [0, 0.05) is 11.7 Å². The molecule has 1 N–H and O–H groups in total. The molecule has 1 aromatic carbocycles. The third kappa shape index (κ3) is 4.45. The Morgan fingerprint density at radius 3 is 2.36 bits per heavy atom. The molecule has 22 heavy (non-hydrogen) atoms. The fourth-order valence-corrected chi connectivity index (χ4v) is 3.83. The number of hydrogen-bond acceptors (Lipinski definition) is 4. The Bertz CT molecular complexity index is 607. The number of sulfonamides is 1. The molecule has 0 aromatic heterocycles. The molecule has 1 aromatic rings. The Kier molecular flexibility index (Phi) is 5.42. The zero-order chi connectivity index (χ0) is 16.2. The molecule has 1 fully saturated rings. The highest BCUT2D eigenvalue weighted by Crippen LogP contribution is 2.25. The van der Waals surface area contributed by atoms with Gasteiger partial charge in [0.1, 0.15) is 5.75 Å². The monoisotopic (exact) mass is 326 g/mol. The maximum atomic E-state index is 12.1. The van der Waals surface area contributed by atoms with Crippen LogP contribution in [0.3, 0.4) is 0 Å². The minimum absolute atomic E-state index is 0.0587. The fraction of sp³-hybridized carbons (Fsp3) is 0.533. The van der Waals surface area contributed by atoms with Crippen LogP contribution in [0.25, 0.3) is 0 Å². The average Bonchev–Trinajstić information content (AvgIpc) is 2.98. The van der Waals surface area contributed by atoms with E-state index in [1.54, 1.807) is 31.4 Å². The molecule has 1 saturated carbocycles. The van der Waals surface area contributed by atoms with Crippen LogP contribution in [0.15, 0.2) is 24.3 Å². The summed E-state index contributed by atoms with van der Waals surface area (Å²) >= 11 is 0. The predicted octanol–water partition coefficient (Wildman–Crippen LogP) is 1.84. The largest absolute Gasteiger partial charge is 0.497 e. The Balaban J connectivity index is 2.01. The van der Waals surface area contributed by atoms with Crippen molar-refractivity contribution in [2.24, 2.45) is 0 Å². The standard InChI is InChI=1S/C15H22N2O4S/c1-21-14-9-7-12(8-10-14)16-15(18)11-17(22(2,19)20)13-5-3-4-6-13/h7-10,13H,3-6,11H2,1-2H3,(H,16,18). The molecule has 2 rings (SSSR count). The summed E-state index contributed by atoms with van der Waals surface area (Å²) in [6, 6.07) is 6.85. The summed E-state index contributed by atoms with van der Waals surface area (Å²) in [5.74, 6) is 0.365. The summed E-state index contributed by atoms with van der Waals surface area (Å²) in [6.07, 6.45) is 4.82. The van der Waals surface area contributed by atoms with Crippen molar-refractivity contribution in [3.05, 3.63) is 24.3 Å². The second kappa shape index (κ2) is 7.11. The molecular weight excluding hydrogens is 304 g/mol. The molecule has 0 heterocycles. The highest BCUT2D eigenvalue weighted by atomic mass is 32.2. The number of carbonyl (C=O) groups is 1. The summed E-state index contributed by atoms with van der Waals surface area (Å²) in [5, 5.41) is 2.72. The Hall–Kier alpha value is -1.60. The topological polar surface area (TPSA) is 75.7 Å². The van der Waals surface area contributed by atoms with Crippen molar-refractivity contribution >= 4 is 21.6 Å². The van der Waals surface area contributed by atoms with E-state index in [4.69, 9.17) is 4.74 Å². The van der Waals surface area contributed by atoms with Crippen LogP contribution >= 0.6 is 0 Å². The number of rotatable bonds is 6. The van der Waals surface area contributed by atoms with Gasteiger partial charge in [-0.25, -0.2) is 8.42 Å². The van der Waals surface area contributed by atoms with E-state index < -0.39 is 10.0 Å². The van der Waals surface area contributed by atoms with Gasteiger partial charge in [-0.3, -0.25) is 4.79 Å². The normalized spacial score (nSPS) is 16.0. The van der Waals surface area contributed by atoms with Gasteiger partial charge < -0.3 is 10.1 Å². The van der Waals surface area contributed by atoms with Crippen molar-refractivity contribution in [3.8, 4) is 5.75 Å². The van der Waals surface area contributed by atoms with Crippen LogP contribution < -0.4 is 10.1 Å². The summed E-state index contributed by atoms with van der Waals surface area (Å²) < 4.78 is 30.2. The van der Waals surface area contributed by atoms with Crippen LogP contribution in [0.2, 0.25) is 0 Å². The third-order valence-corrected chi connectivity index (χ3v) is 5.11. The molecule has 6 nitrogen and oxygen atoms in total. The average molecular weight is 326 g/mol. The fourth-order valence-electron chi connectivity index (χ4n) is 2.73. The Morgan fingerprint density at radius 1 is 1.27 bits per heavy atom. The van der Waals surface area contributed by atoms with E-state index >= 15 is 0 Å². The lowest BCUT2D eigenvalue weighted by Crippen LogP contribution is -2.43.